The Hall–Kier alpha value is -3.00. The van der Waals surface area contributed by atoms with Gasteiger partial charge in [-0.05, 0) is 37.4 Å². The van der Waals surface area contributed by atoms with E-state index < -0.39 is 11.7 Å². The molecule has 2 aromatic carbocycles. The molecule has 0 amide bonds. The summed E-state index contributed by atoms with van der Waals surface area (Å²) >= 11 is 0. The van der Waals surface area contributed by atoms with Crippen molar-refractivity contribution in [1.29, 1.82) is 0 Å². The maximum Gasteiger partial charge on any atom is 0.418 e. The normalized spacial score (nSPS) is 12.3. The van der Waals surface area contributed by atoms with Gasteiger partial charge < -0.3 is 20.3 Å². The Bertz CT molecular complexity index is 1020. The van der Waals surface area contributed by atoms with Crippen molar-refractivity contribution in [2.75, 3.05) is 31.5 Å². The second-order valence-electron chi connectivity index (χ2n) is 6.87. The summed E-state index contributed by atoms with van der Waals surface area (Å²) in [5.41, 5.74) is 0.574. The molecule has 3 N–H and O–H groups in total. The molecule has 0 fully saturated rings. The highest BCUT2D eigenvalue weighted by molar-refractivity contribution is 6.02. The molecule has 0 bridgehead atoms. The Morgan fingerprint density at radius 3 is 2.57 bits per heavy atom. The lowest BCUT2D eigenvalue weighted by Gasteiger charge is -2.20. The first-order valence-electron chi connectivity index (χ1n) is 9.84. The number of benzene rings is 2. The van der Waals surface area contributed by atoms with Gasteiger partial charge in [-0.25, -0.2) is 0 Å². The summed E-state index contributed by atoms with van der Waals surface area (Å²) in [5, 5.41) is 13.7. The van der Waals surface area contributed by atoms with E-state index in [1.807, 2.05) is 26.0 Å². The second-order valence-corrected chi connectivity index (χ2v) is 6.87. The van der Waals surface area contributed by atoms with E-state index in [0.29, 0.717) is 18.7 Å². The molecule has 0 unspecified atom stereocenters. The third-order valence-electron chi connectivity index (χ3n) is 5.01. The number of anilines is 1. The van der Waals surface area contributed by atoms with Gasteiger partial charge in [0.15, 0.2) is 5.88 Å². The minimum atomic E-state index is -4.51. The van der Waals surface area contributed by atoms with Crippen LogP contribution >= 0.6 is 0 Å². The summed E-state index contributed by atoms with van der Waals surface area (Å²) in [4.78, 5) is 9.12. The number of aromatic hydroxyl groups is 1. The van der Waals surface area contributed by atoms with Crippen LogP contribution in [-0.4, -0.2) is 47.4 Å². The predicted molar refractivity (Wildman–Crippen MR) is 115 cm³/mol. The summed E-state index contributed by atoms with van der Waals surface area (Å²) in [6.07, 6.45) is -3.14. The van der Waals surface area contributed by atoms with Crippen LogP contribution in [0, 0.1) is 0 Å². The number of hydrogen-bond donors (Lipinski definition) is 3. The van der Waals surface area contributed by atoms with Crippen LogP contribution in [0.15, 0.2) is 47.5 Å². The van der Waals surface area contributed by atoms with E-state index in [4.69, 9.17) is 0 Å². The molecule has 0 aliphatic rings. The molecule has 5 nitrogen and oxygen atoms in total. The quantitative estimate of drug-likeness (QED) is 0.430. The fourth-order valence-electron chi connectivity index (χ4n) is 3.31. The molecule has 1 heterocycles. The highest BCUT2D eigenvalue weighted by atomic mass is 19.4. The molecule has 30 heavy (non-hydrogen) atoms. The molecular formula is C22H25F3N4O. The highest BCUT2D eigenvalue weighted by Gasteiger charge is 2.33. The number of rotatable bonds is 8. The monoisotopic (exact) mass is 418 g/mol. The van der Waals surface area contributed by atoms with E-state index in [9.17, 15) is 18.3 Å². The number of halogens is 3. The largest absolute Gasteiger partial charge is 0.494 e. The Balaban J connectivity index is 1.84. The molecule has 0 saturated heterocycles. The summed E-state index contributed by atoms with van der Waals surface area (Å²) in [5.74, 6) is -0.0781. The minimum absolute atomic E-state index is 0.0311. The number of likely N-dealkylation sites (N-methyl/N-ethyl adjacent to an activating group) is 1. The lowest BCUT2D eigenvalue weighted by molar-refractivity contribution is -0.136. The highest BCUT2D eigenvalue weighted by Crippen LogP contribution is 2.37. The van der Waals surface area contributed by atoms with Crippen molar-refractivity contribution in [3.8, 4) is 5.88 Å². The molecule has 3 rings (SSSR count). The van der Waals surface area contributed by atoms with Crippen molar-refractivity contribution in [3.05, 3.63) is 53.6 Å². The van der Waals surface area contributed by atoms with Gasteiger partial charge in [-0.15, -0.1) is 0 Å². The van der Waals surface area contributed by atoms with Gasteiger partial charge in [0.05, 0.1) is 16.8 Å². The van der Waals surface area contributed by atoms with Crippen molar-refractivity contribution in [2.24, 2.45) is 4.99 Å². The van der Waals surface area contributed by atoms with Crippen molar-refractivity contribution < 1.29 is 18.3 Å². The number of alkyl halides is 3. The number of nitrogens with one attached hydrogen (secondary N) is 2. The van der Waals surface area contributed by atoms with Gasteiger partial charge >= 0.3 is 6.18 Å². The van der Waals surface area contributed by atoms with Crippen LogP contribution in [0.3, 0.4) is 0 Å². The van der Waals surface area contributed by atoms with E-state index >= 15 is 0 Å². The SMILES string of the molecule is CCN(CC)CCNc1ccc(N=Cc2c(O)[nH]c3ccccc23)cc1C(F)(F)F. The maximum absolute atomic E-state index is 13.6. The third-order valence-corrected chi connectivity index (χ3v) is 5.01. The topological polar surface area (TPSA) is 63.6 Å². The van der Waals surface area contributed by atoms with Gasteiger partial charge in [0.1, 0.15) is 0 Å². The van der Waals surface area contributed by atoms with Crippen molar-refractivity contribution in [3.63, 3.8) is 0 Å². The zero-order chi connectivity index (χ0) is 21.7. The van der Waals surface area contributed by atoms with E-state index in [2.05, 4.69) is 20.2 Å². The van der Waals surface area contributed by atoms with Gasteiger partial charge in [-0.2, -0.15) is 13.2 Å². The average molecular weight is 418 g/mol. The first-order valence-corrected chi connectivity index (χ1v) is 9.84. The van der Waals surface area contributed by atoms with Crippen LogP contribution in [0.4, 0.5) is 24.5 Å². The number of aromatic amines is 1. The molecule has 0 aliphatic carbocycles. The van der Waals surface area contributed by atoms with E-state index in [0.717, 1.165) is 30.1 Å². The molecule has 0 atom stereocenters. The van der Waals surface area contributed by atoms with Crippen molar-refractivity contribution in [1.82, 2.24) is 9.88 Å². The molecule has 0 aliphatic heterocycles. The van der Waals surface area contributed by atoms with Gasteiger partial charge in [0.25, 0.3) is 0 Å². The molecular weight excluding hydrogens is 393 g/mol. The molecule has 1 aromatic heterocycles. The number of aromatic nitrogens is 1. The summed E-state index contributed by atoms with van der Waals surface area (Å²) in [6, 6.07) is 11.2. The average Bonchev–Trinajstić information content (AvgIpc) is 3.04. The first kappa shape index (κ1) is 21.7. The van der Waals surface area contributed by atoms with E-state index in [1.165, 1.54) is 18.3 Å². The number of hydrogen-bond acceptors (Lipinski definition) is 4. The van der Waals surface area contributed by atoms with Crippen LogP contribution in [0.25, 0.3) is 10.9 Å². The van der Waals surface area contributed by atoms with Crippen LogP contribution in [-0.2, 0) is 6.18 Å². The van der Waals surface area contributed by atoms with Gasteiger partial charge in [0, 0.05) is 35.9 Å². The molecule has 160 valence electrons. The predicted octanol–water partition coefficient (Wildman–Crippen LogP) is 5.40. The summed E-state index contributed by atoms with van der Waals surface area (Å²) < 4.78 is 40.8. The fourth-order valence-corrected chi connectivity index (χ4v) is 3.31. The molecule has 3 aromatic rings. The Kier molecular flexibility index (Phi) is 6.66. The Morgan fingerprint density at radius 1 is 1.13 bits per heavy atom. The summed E-state index contributed by atoms with van der Waals surface area (Å²) in [7, 11) is 0. The van der Waals surface area contributed by atoms with Crippen LogP contribution < -0.4 is 5.32 Å². The second kappa shape index (κ2) is 9.21. The van der Waals surface area contributed by atoms with Gasteiger partial charge in [-0.3, -0.25) is 4.99 Å². The third kappa shape index (κ3) is 4.94. The molecule has 8 heteroatoms. The Morgan fingerprint density at radius 2 is 1.87 bits per heavy atom. The smallest absolute Gasteiger partial charge is 0.418 e. The number of para-hydroxylation sites is 1. The standard InChI is InChI=1S/C22H25F3N4O/c1-3-29(4-2)12-11-26-20-10-9-15(13-18(20)22(23,24)25)27-14-17-16-7-5-6-8-19(16)28-21(17)30/h5-10,13-14,26,28,30H,3-4,11-12H2,1-2H3. The molecule has 0 spiro atoms. The molecule has 0 radical (unpaired) electrons. The van der Waals surface area contributed by atoms with Crippen molar-refractivity contribution in [2.45, 2.75) is 20.0 Å². The van der Waals surface area contributed by atoms with E-state index in [-0.39, 0.29) is 17.3 Å². The lowest BCUT2D eigenvalue weighted by Crippen LogP contribution is -2.29. The lowest BCUT2D eigenvalue weighted by atomic mass is 10.1. The number of aliphatic imine (C=N–C) groups is 1. The maximum atomic E-state index is 13.6. The van der Waals surface area contributed by atoms with Crippen LogP contribution in [0.5, 0.6) is 5.88 Å². The zero-order valence-corrected chi connectivity index (χ0v) is 16.9. The fraction of sp³-hybridized carbons (Fsp3) is 0.318. The molecule has 0 saturated carbocycles. The van der Waals surface area contributed by atoms with Crippen LogP contribution in [0.1, 0.15) is 25.0 Å². The number of fused-ring (bicyclic) bond motifs is 1. The van der Waals surface area contributed by atoms with Crippen molar-refractivity contribution >= 4 is 28.5 Å². The summed E-state index contributed by atoms with van der Waals surface area (Å²) in [6.45, 7) is 6.80. The zero-order valence-electron chi connectivity index (χ0n) is 16.9. The van der Waals surface area contributed by atoms with Gasteiger partial charge in [0.2, 0.25) is 0 Å². The first-order chi connectivity index (χ1) is 14.3. The number of H-pyrrole nitrogens is 1. The number of nitrogens with zero attached hydrogens (tertiary/aromatic N) is 2. The van der Waals surface area contributed by atoms with Gasteiger partial charge in [-0.1, -0.05) is 32.0 Å². The Labute approximate surface area is 173 Å². The van der Waals surface area contributed by atoms with E-state index in [1.54, 1.807) is 12.1 Å². The minimum Gasteiger partial charge on any atom is -0.494 e. The van der Waals surface area contributed by atoms with Crippen LogP contribution in [0.2, 0.25) is 0 Å².